The summed E-state index contributed by atoms with van der Waals surface area (Å²) in [6, 6.07) is 2.83. The van der Waals surface area contributed by atoms with Gasteiger partial charge in [-0.25, -0.2) is 17.5 Å². The van der Waals surface area contributed by atoms with Crippen LogP contribution in [0.15, 0.2) is 23.1 Å². The van der Waals surface area contributed by atoms with E-state index in [4.69, 9.17) is 5.73 Å². The average molecular weight is 318 g/mol. The minimum absolute atomic E-state index is 0.216. The zero-order valence-electron chi connectivity index (χ0n) is 9.37. The highest BCUT2D eigenvalue weighted by Crippen LogP contribution is 2.29. The van der Waals surface area contributed by atoms with Crippen LogP contribution in [0.1, 0.15) is 0 Å². The maximum atomic E-state index is 13.1. The first-order chi connectivity index (χ1) is 8.62. The van der Waals surface area contributed by atoms with Crippen molar-refractivity contribution in [3.63, 3.8) is 0 Å². The standard InChI is InChI=1S/C9H10F4N2O2S2/c10-7-5-6(1-2-8(7)14)19(16,17)15-3-4-18-9(11,12)13/h1-2,5,15H,3-4,14H2. The topological polar surface area (TPSA) is 72.2 Å². The van der Waals surface area contributed by atoms with Gasteiger partial charge < -0.3 is 5.73 Å². The summed E-state index contributed by atoms with van der Waals surface area (Å²) in [4.78, 5) is -0.392. The van der Waals surface area contributed by atoms with E-state index >= 15 is 0 Å². The number of nitrogens with one attached hydrogen (secondary N) is 1. The highest BCUT2D eigenvalue weighted by atomic mass is 32.2. The Balaban J connectivity index is 2.63. The fraction of sp³-hybridized carbons (Fsp3) is 0.333. The number of anilines is 1. The lowest BCUT2D eigenvalue weighted by atomic mass is 10.3. The predicted molar refractivity (Wildman–Crippen MR) is 64.5 cm³/mol. The number of alkyl halides is 3. The Kier molecular flexibility index (Phi) is 5.04. The van der Waals surface area contributed by atoms with Crippen molar-refractivity contribution in [3.8, 4) is 0 Å². The van der Waals surface area contributed by atoms with Gasteiger partial charge in [0, 0.05) is 12.3 Å². The Bertz CT molecular complexity index is 546. The van der Waals surface area contributed by atoms with Crippen LogP contribution < -0.4 is 10.5 Å². The minimum atomic E-state index is -4.42. The number of nitrogen functional groups attached to an aromatic ring is 1. The molecule has 108 valence electrons. The molecule has 0 aromatic heterocycles. The Labute approximate surface area is 111 Å². The average Bonchev–Trinajstić information content (AvgIpc) is 2.27. The van der Waals surface area contributed by atoms with Crippen molar-refractivity contribution >= 4 is 27.5 Å². The maximum Gasteiger partial charge on any atom is 0.441 e. The van der Waals surface area contributed by atoms with Gasteiger partial charge in [-0.2, -0.15) is 13.2 Å². The smallest absolute Gasteiger partial charge is 0.396 e. The molecule has 0 aliphatic heterocycles. The van der Waals surface area contributed by atoms with Gasteiger partial charge in [0.15, 0.2) is 0 Å². The third kappa shape index (κ3) is 5.25. The summed E-state index contributed by atoms with van der Waals surface area (Å²) in [5.41, 5.74) is 0.549. The van der Waals surface area contributed by atoms with E-state index in [1.807, 2.05) is 4.72 Å². The van der Waals surface area contributed by atoms with E-state index in [1.165, 1.54) is 0 Å². The Morgan fingerprint density at radius 2 is 1.95 bits per heavy atom. The molecule has 1 aromatic rings. The van der Waals surface area contributed by atoms with E-state index < -0.39 is 38.5 Å². The summed E-state index contributed by atoms with van der Waals surface area (Å²) >= 11 is -0.346. The normalized spacial score (nSPS) is 12.6. The van der Waals surface area contributed by atoms with Crippen molar-refractivity contribution in [1.29, 1.82) is 0 Å². The van der Waals surface area contributed by atoms with Gasteiger partial charge >= 0.3 is 5.51 Å². The zero-order chi connectivity index (χ0) is 14.7. The van der Waals surface area contributed by atoms with Crippen LogP contribution in [0.4, 0.5) is 23.2 Å². The summed E-state index contributed by atoms with van der Waals surface area (Å²) < 4.78 is 73.7. The van der Waals surface area contributed by atoms with E-state index in [0.717, 1.165) is 12.1 Å². The number of halogens is 4. The molecule has 0 aliphatic carbocycles. The van der Waals surface area contributed by atoms with Crippen LogP contribution in [-0.4, -0.2) is 26.2 Å². The third-order valence-electron chi connectivity index (χ3n) is 1.94. The first kappa shape index (κ1) is 16.1. The first-order valence-electron chi connectivity index (χ1n) is 4.87. The Hall–Kier alpha value is -1.00. The number of benzene rings is 1. The molecule has 0 saturated heterocycles. The molecule has 0 atom stereocenters. The molecule has 0 saturated carbocycles. The van der Waals surface area contributed by atoms with Crippen molar-refractivity contribution < 1.29 is 26.0 Å². The first-order valence-corrected chi connectivity index (χ1v) is 7.34. The van der Waals surface area contributed by atoms with Crippen LogP contribution in [0.25, 0.3) is 0 Å². The Morgan fingerprint density at radius 3 is 2.47 bits per heavy atom. The lowest BCUT2D eigenvalue weighted by Crippen LogP contribution is -2.26. The fourth-order valence-electron chi connectivity index (χ4n) is 1.10. The van der Waals surface area contributed by atoms with Gasteiger partial charge in [0.05, 0.1) is 10.6 Å². The van der Waals surface area contributed by atoms with E-state index in [-0.39, 0.29) is 17.4 Å². The van der Waals surface area contributed by atoms with Crippen LogP contribution in [-0.2, 0) is 10.0 Å². The molecule has 0 bridgehead atoms. The van der Waals surface area contributed by atoms with Gasteiger partial charge in [0.2, 0.25) is 10.0 Å². The summed E-state index contributed by atoms with van der Waals surface area (Å²) in [5.74, 6) is -1.38. The molecule has 0 unspecified atom stereocenters. The van der Waals surface area contributed by atoms with Gasteiger partial charge in [0.1, 0.15) is 5.82 Å². The van der Waals surface area contributed by atoms with Gasteiger partial charge in [-0.3, -0.25) is 0 Å². The van der Waals surface area contributed by atoms with Crippen LogP contribution in [0.2, 0.25) is 0 Å². The second kappa shape index (κ2) is 5.97. The van der Waals surface area contributed by atoms with Crippen molar-refractivity contribution in [3.05, 3.63) is 24.0 Å². The van der Waals surface area contributed by atoms with Gasteiger partial charge in [-0.1, -0.05) is 0 Å². The van der Waals surface area contributed by atoms with Gasteiger partial charge in [-0.05, 0) is 30.0 Å². The molecule has 0 heterocycles. The summed E-state index contributed by atoms with van der Waals surface area (Å²) in [7, 11) is -4.04. The Morgan fingerprint density at radius 1 is 1.32 bits per heavy atom. The summed E-state index contributed by atoms with van der Waals surface area (Å²) in [6.07, 6.45) is 0. The largest absolute Gasteiger partial charge is 0.441 e. The highest BCUT2D eigenvalue weighted by Gasteiger charge is 2.27. The summed E-state index contributed by atoms with van der Waals surface area (Å²) in [5, 5.41) is 0. The third-order valence-corrected chi connectivity index (χ3v) is 4.14. The van der Waals surface area contributed by atoms with Crippen LogP contribution in [0.5, 0.6) is 0 Å². The van der Waals surface area contributed by atoms with Crippen molar-refractivity contribution in [2.75, 3.05) is 18.0 Å². The van der Waals surface area contributed by atoms with Gasteiger partial charge in [-0.15, -0.1) is 0 Å². The quantitative estimate of drug-likeness (QED) is 0.494. The molecular formula is C9H10F4N2O2S2. The van der Waals surface area contributed by atoms with Crippen LogP contribution in [0.3, 0.4) is 0 Å². The molecule has 0 spiro atoms. The number of hydrogen-bond acceptors (Lipinski definition) is 4. The maximum absolute atomic E-state index is 13.1. The van der Waals surface area contributed by atoms with Crippen molar-refractivity contribution in [2.45, 2.75) is 10.4 Å². The number of sulfonamides is 1. The molecule has 0 fully saturated rings. The van der Waals surface area contributed by atoms with E-state index in [9.17, 15) is 26.0 Å². The fourth-order valence-corrected chi connectivity index (χ4v) is 2.71. The molecule has 0 amide bonds. The molecule has 3 N–H and O–H groups in total. The molecule has 0 aliphatic rings. The lowest BCUT2D eigenvalue weighted by Gasteiger charge is -2.08. The molecule has 1 rings (SSSR count). The van der Waals surface area contributed by atoms with Gasteiger partial charge in [0.25, 0.3) is 0 Å². The molecule has 1 aromatic carbocycles. The highest BCUT2D eigenvalue weighted by molar-refractivity contribution is 8.00. The number of rotatable bonds is 5. The van der Waals surface area contributed by atoms with E-state index in [2.05, 4.69) is 0 Å². The molecule has 4 nitrogen and oxygen atoms in total. The van der Waals surface area contributed by atoms with E-state index in [0.29, 0.717) is 6.07 Å². The molecule has 0 radical (unpaired) electrons. The lowest BCUT2D eigenvalue weighted by molar-refractivity contribution is -0.0327. The van der Waals surface area contributed by atoms with Crippen LogP contribution in [0, 0.1) is 5.82 Å². The van der Waals surface area contributed by atoms with Crippen molar-refractivity contribution in [1.82, 2.24) is 4.72 Å². The minimum Gasteiger partial charge on any atom is -0.396 e. The summed E-state index contributed by atoms with van der Waals surface area (Å²) in [6.45, 7) is -0.418. The number of hydrogen-bond donors (Lipinski definition) is 2. The van der Waals surface area contributed by atoms with Crippen LogP contribution >= 0.6 is 11.8 Å². The molecule has 19 heavy (non-hydrogen) atoms. The molecular weight excluding hydrogens is 308 g/mol. The monoisotopic (exact) mass is 318 g/mol. The predicted octanol–water partition coefficient (Wildman–Crippen LogP) is 1.94. The SMILES string of the molecule is Nc1ccc(S(=O)(=O)NCCSC(F)(F)F)cc1F. The zero-order valence-corrected chi connectivity index (χ0v) is 11.0. The second-order valence-corrected chi connectivity index (χ2v) is 6.30. The number of thioether (sulfide) groups is 1. The van der Waals surface area contributed by atoms with Crippen molar-refractivity contribution in [2.24, 2.45) is 0 Å². The molecule has 10 heteroatoms. The second-order valence-electron chi connectivity index (χ2n) is 3.38. The van der Waals surface area contributed by atoms with E-state index in [1.54, 1.807) is 0 Å². The number of nitrogens with two attached hydrogens (primary N) is 1.